The summed E-state index contributed by atoms with van der Waals surface area (Å²) >= 11 is 0. The number of nitrogens with zero attached hydrogens (tertiary/aromatic N) is 1. The van der Waals surface area contributed by atoms with Gasteiger partial charge in [-0.25, -0.2) is 8.78 Å². The molecular weight excluding hydrogens is 306 g/mol. The van der Waals surface area contributed by atoms with Gasteiger partial charge in [0.05, 0.1) is 11.4 Å². The zero-order valence-corrected chi connectivity index (χ0v) is 11.9. The summed E-state index contributed by atoms with van der Waals surface area (Å²) in [5, 5.41) is 0.428. The van der Waals surface area contributed by atoms with Crippen LogP contribution in [0.15, 0.2) is 29.2 Å². The highest BCUT2D eigenvalue weighted by molar-refractivity contribution is 7.86. The number of alkyl halides is 2. The largest absolute Gasteiger partial charge is 0.368 e. The lowest BCUT2D eigenvalue weighted by molar-refractivity contribution is -0.135. The van der Waals surface area contributed by atoms with Gasteiger partial charge in [-0.05, 0) is 19.1 Å². The van der Waals surface area contributed by atoms with E-state index in [1.165, 1.54) is 12.1 Å². The number of benzene rings is 1. The molecule has 0 saturated carbocycles. The molecule has 6 nitrogen and oxygen atoms in total. The van der Waals surface area contributed by atoms with Gasteiger partial charge in [-0.1, -0.05) is 17.7 Å². The Hall–Kier alpha value is -1.58. The molecule has 1 atom stereocenters. The molecule has 1 fully saturated rings. The molecule has 1 heterocycles. The maximum Gasteiger partial charge on any atom is 0.313 e. The second-order valence-corrected chi connectivity index (χ2v) is 6.42. The van der Waals surface area contributed by atoms with E-state index >= 15 is 0 Å². The molecule has 1 aliphatic rings. The molecule has 21 heavy (non-hydrogen) atoms. The van der Waals surface area contributed by atoms with Gasteiger partial charge in [-0.15, -0.1) is 0 Å². The maximum atomic E-state index is 13.3. The number of amides is 1. The highest BCUT2D eigenvalue weighted by Crippen LogP contribution is 2.33. The van der Waals surface area contributed by atoms with Crippen molar-refractivity contribution in [1.82, 2.24) is 5.06 Å². The number of nitrogens with two attached hydrogens (primary N) is 1. The lowest BCUT2D eigenvalue weighted by Gasteiger charge is -2.19. The van der Waals surface area contributed by atoms with E-state index in [1.54, 1.807) is 19.1 Å². The molecule has 1 aromatic carbocycles. The van der Waals surface area contributed by atoms with Crippen molar-refractivity contribution < 1.29 is 26.3 Å². The molecule has 2 N–H and O–H groups in total. The van der Waals surface area contributed by atoms with E-state index in [0.29, 0.717) is 5.06 Å². The van der Waals surface area contributed by atoms with Crippen LogP contribution in [-0.4, -0.2) is 37.9 Å². The minimum atomic E-state index is -4.29. The lowest BCUT2D eigenvalue weighted by atomic mass is 10.2. The van der Waals surface area contributed by atoms with Crippen LogP contribution in [0, 0.1) is 6.92 Å². The molecule has 0 unspecified atom stereocenters. The highest BCUT2D eigenvalue weighted by atomic mass is 32.2. The SMILES string of the molecule is Cc1ccc(S(=O)(=O)ON2CC(F)(F)C[C@H]2C(N)=O)cc1. The number of hydrogen-bond donors (Lipinski definition) is 1. The standard InChI is InChI=1S/C12H14F2N2O4S/c1-8-2-4-9(5-3-8)21(18,19)20-16-7-12(13,14)6-10(16)11(15)17/h2-5,10H,6-7H2,1H3,(H2,15,17)/t10-/m0/s1. The number of halogens is 2. The van der Waals surface area contributed by atoms with E-state index in [9.17, 15) is 22.0 Å². The second kappa shape index (κ2) is 5.32. The van der Waals surface area contributed by atoms with Crippen LogP contribution in [0.2, 0.25) is 0 Å². The monoisotopic (exact) mass is 320 g/mol. The van der Waals surface area contributed by atoms with Crippen molar-refractivity contribution in [1.29, 1.82) is 0 Å². The van der Waals surface area contributed by atoms with Gasteiger partial charge in [0.2, 0.25) is 5.91 Å². The van der Waals surface area contributed by atoms with Crippen LogP contribution in [0.3, 0.4) is 0 Å². The zero-order valence-electron chi connectivity index (χ0n) is 11.1. The number of hydroxylamine groups is 2. The normalized spacial score (nSPS) is 22.3. The van der Waals surface area contributed by atoms with E-state index in [4.69, 9.17) is 5.73 Å². The summed E-state index contributed by atoms with van der Waals surface area (Å²) < 4.78 is 55.3. The molecule has 1 aliphatic heterocycles. The first-order chi connectivity index (χ1) is 9.61. The number of primary amides is 1. The van der Waals surface area contributed by atoms with Crippen molar-refractivity contribution in [3.05, 3.63) is 29.8 Å². The third-order valence-electron chi connectivity index (χ3n) is 3.06. The Kier molecular flexibility index (Phi) is 4.00. The lowest BCUT2D eigenvalue weighted by Crippen LogP contribution is -2.41. The number of carbonyl (C=O) groups excluding carboxylic acids is 1. The van der Waals surface area contributed by atoms with Crippen LogP contribution in [0.4, 0.5) is 8.78 Å². The van der Waals surface area contributed by atoms with E-state index in [-0.39, 0.29) is 4.90 Å². The topological polar surface area (TPSA) is 89.7 Å². The van der Waals surface area contributed by atoms with Crippen LogP contribution < -0.4 is 5.73 Å². The third-order valence-corrected chi connectivity index (χ3v) is 4.30. The minimum absolute atomic E-state index is 0.188. The van der Waals surface area contributed by atoms with Crippen LogP contribution in [0.5, 0.6) is 0 Å². The molecule has 1 amide bonds. The average Bonchev–Trinajstić information content (AvgIpc) is 2.64. The van der Waals surface area contributed by atoms with Crippen LogP contribution >= 0.6 is 0 Å². The summed E-state index contributed by atoms with van der Waals surface area (Å²) in [5.41, 5.74) is 5.83. The third kappa shape index (κ3) is 3.55. The fourth-order valence-corrected chi connectivity index (χ4v) is 2.95. The first-order valence-electron chi connectivity index (χ1n) is 6.06. The Morgan fingerprint density at radius 3 is 2.48 bits per heavy atom. The summed E-state index contributed by atoms with van der Waals surface area (Å²) in [7, 11) is -4.29. The Bertz CT molecular complexity index is 646. The number of carbonyl (C=O) groups is 1. The van der Waals surface area contributed by atoms with Gasteiger partial charge >= 0.3 is 10.1 Å². The van der Waals surface area contributed by atoms with Crippen LogP contribution in [-0.2, 0) is 19.2 Å². The van der Waals surface area contributed by atoms with Gasteiger partial charge in [0.1, 0.15) is 6.04 Å². The molecule has 2 rings (SSSR count). The average molecular weight is 320 g/mol. The molecule has 0 radical (unpaired) electrons. The van der Waals surface area contributed by atoms with Crippen molar-refractivity contribution in [2.45, 2.75) is 30.2 Å². The summed E-state index contributed by atoms with van der Waals surface area (Å²) in [6, 6.07) is 4.18. The molecule has 1 saturated heterocycles. The number of rotatable bonds is 4. The maximum absolute atomic E-state index is 13.3. The van der Waals surface area contributed by atoms with Gasteiger partial charge in [0.15, 0.2) is 0 Å². The molecule has 9 heteroatoms. The predicted octanol–water partition coefficient (Wildman–Crippen LogP) is 0.810. The van der Waals surface area contributed by atoms with Crippen molar-refractivity contribution in [3.63, 3.8) is 0 Å². The Balaban J connectivity index is 2.23. The minimum Gasteiger partial charge on any atom is -0.368 e. The summed E-state index contributed by atoms with van der Waals surface area (Å²) in [6.45, 7) is 0.757. The molecule has 0 bridgehead atoms. The number of hydrogen-bond acceptors (Lipinski definition) is 5. The predicted molar refractivity (Wildman–Crippen MR) is 68.7 cm³/mol. The summed E-state index contributed by atoms with van der Waals surface area (Å²) in [6.07, 6.45) is -0.869. The first kappa shape index (κ1) is 15.8. The molecule has 116 valence electrons. The van der Waals surface area contributed by atoms with Crippen molar-refractivity contribution in [3.8, 4) is 0 Å². The summed E-state index contributed by atoms with van der Waals surface area (Å²) in [4.78, 5) is 11.0. The molecular formula is C12H14F2N2O4S. The van der Waals surface area contributed by atoms with Gasteiger partial charge in [-0.3, -0.25) is 4.79 Å². The molecule has 0 spiro atoms. The van der Waals surface area contributed by atoms with Gasteiger partial charge < -0.3 is 5.73 Å². The second-order valence-electron chi connectivity index (χ2n) is 4.90. The highest BCUT2D eigenvalue weighted by Gasteiger charge is 2.50. The summed E-state index contributed by atoms with van der Waals surface area (Å²) in [5.74, 6) is -4.30. The molecule has 0 aliphatic carbocycles. The zero-order chi connectivity index (χ0) is 15.8. The van der Waals surface area contributed by atoms with E-state index < -0.39 is 41.0 Å². The van der Waals surface area contributed by atoms with Crippen molar-refractivity contribution in [2.24, 2.45) is 5.73 Å². The van der Waals surface area contributed by atoms with E-state index in [1.807, 2.05) is 0 Å². The Morgan fingerprint density at radius 2 is 1.95 bits per heavy atom. The van der Waals surface area contributed by atoms with Crippen molar-refractivity contribution in [2.75, 3.05) is 6.54 Å². The van der Waals surface area contributed by atoms with E-state index in [0.717, 1.165) is 5.56 Å². The quantitative estimate of drug-likeness (QED) is 0.887. The fourth-order valence-electron chi connectivity index (χ4n) is 1.98. The Labute approximate surface area is 120 Å². The van der Waals surface area contributed by atoms with Gasteiger partial charge in [0, 0.05) is 6.42 Å². The fraction of sp³-hybridized carbons (Fsp3) is 0.417. The van der Waals surface area contributed by atoms with Crippen LogP contribution in [0.25, 0.3) is 0 Å². The Morgan fingerprint density at radius 1 is 1.38 bits per heavy atom. The van der Waals surface area contributed by atoms with Crippen molar-refractivity contribution >= 4 is 16.0 Å². The molecule has 0 aromatic heterocycles. The van der Waals surface area contributed by atoms with Gasteiger partial charge in [-0.2, -0.15) is 17.8 Å². The van der Waals surface area contributed by atoms with Gasteiger partial charge in [0.25, 0.3) is 5.92 Å². The number of aryl methyl sites for hydroxylation is 1. The first-order valence-corrected chi connectivity index (χ1v) is 7.47. The van der Waals surface area contributed by atoms with Crippen LogP contribution in [0.1, 0.15) is 12.0 Å². The van der Waals surface area contributed by atoms with E-state index in [2.05, 4.69) is 4.28 Å². The smallest absolute Gasteiger partial charge is 0.313 e. The molecule has 1 aromatic rings.